The van der Waals surface area contributed by atoms with E-state index in [-0.39, 0.29) is 0 Å². The summed E-state index contributed by atoms with van der Waals surface area (Å²) in [5.41, 5.74) is 2.11. The highest BCUT2D eigenvalue weighted by Crippen LogP contribution is 2.14. The molecule has 0 fully saturated rings. The van der Waals surface area contributed by atoms with Crippen molar-refractivity contribution in [1.29, 1.82) is 0 Å². The van der Waals surface area contributed by atoms with E-state index in [2.05, 4.69) is 10.1 Å². The summed E-state index contributed by atoms with van der Waals surface area (Å²) in [5, 5.41) is 13.0. The number of hydrogen-bond acceptors (Lipinski definition) is 4. The fourth-order valence-corrected chi connectivity index (χ4v) is 2.12. The van der Waals surface area contributed by atoms with Crippen LogP contribution < -0.4 is 4.90 Å². The summed E-state index contributed by atoms with van der Waals surface area (Å²) in [7, 11) is 1.94. The molecule has 21 heavy (non-hydrogen) atoms. The molecule has 0 saturated heterocycles. The van der Waals surface area contributed by atoms with Crippen LogP contribution in [0.5, 0.6) is 0 Å². The first-order valence-corrected chi connectivity index (χ1v) is 6.47. The van der Waals surface area contributed by atoms with E-state index in [1.807, 2.05) is 42.4 Å². The topological polar surface area (TPSA) is 70.7 Å². The van der Waals surface area contributed by atoms with Crippen LogP contribution in [0.1, 0.15) is 15.9 Å². The highest BCUT2D eigenvalue weighted by Gasteiger charge is 2.07. The number of fused-ring (bicyclic) bond motifs is 1. The number of nitrogens with zero attached hydrogens (tertiary/aromatic N) is 4. The third kappa shape index (κ3) is 2.69. The summed E-state index contributed by atoms with van der Waals surface area (Å²) < 4.78 is 1.71. The van der Waals surface area contributed by atoms with Crippen LogP contribution >= 0.6 is 0 Å². The summed E-state index contributed by atoms with van der Waals surface area (Å²) in [5.74, 6) is -0.0759. The van der Waals surface area contributed by atoms with E-state index in [1.165, 1.54) is 0 Å². The number of anilines is 1. The van der Waals surface area contributed by atoms with Gasteiger partial charge in [-0.05, 0) is 23.8 Å². The van der Waals surface area contributed by atoms with Gasteiger partial charge in [0.1, 0.15) is 5.82 Å². The van der Waals surface area contributed by atoms with Crippen molar-refractivity contribution < 1.29 is 9.90 Å². The molecular weight excluding hydrogens is 268 g/mol. The van der Waals surface area contributed by atoms with Crippen LogP contribution in [0.2, 0.25) is 0 Å². The van der Waals surface area contributed by atoms with E-state index in [4.69, 9.17) is 5.11 Å². The smallest absolute Gasteiger partial charge is 0.335 e. The van der Waals surface area contributed by atoms with Crippen LogP contribution in [-0.4, -0.2) is 32.7 Å². The molecule has 0 unspecified atom stereocenters. The Hall–Kier alpha value is -2.89. The molecule has 6 heteroatoms. The van der Waals surface area contributed by atoms with Gasteiger partial charge in [0.25, 0.3) is 0 Å². The Balaban J connectivity index is 1.78. The van der Waals surface area contributed by atoms with E-state index in [9.17, 15) is 4.79 Å². The fourth-order valence-electron chi connectivity index (χ4n) is 2.12. The minimum atomic E-state index is -0.914. The van der Waals surface area contributed by atoms with Gasteiger partial charge >= 0.3 is 5.97 Å². The van der Waals surface area contributed by atoms with E-state index < -0.39 is 5.97 Å². The summed E-state index contributed by atoms with van der Waals surface area (Å²) in [6.45, 7) is 0.650. The Morgan fingerprint density at radius 3 is 2.71 bits per heavy atom. The number of hydrogen-bond donors (Lipinski definition) is 1. The molecule has 0 saturated carbocycles. The third-order valence-corrected chi connectivity index (χ3v) is 3.26. The SMILES string of the molecule is CN(Cc1ccc(C(=O)O)cc1)c1ccn2nccc2n1. The molecule has 106 valence electrons. The summed E-state index contributed by atoms with van der Waals surface area (Å²) in [6.07, 6.45) is 3.57. The maximum absolute atomic E-state index is 10.8. The van der Waals surface area contributed by atoms with Gasteiger partial charge in [-0.25, -0.2) is 14.3 Å². The largest absolute Gasteiger partial charge is 0.478 e. The van der Waals surface area contributed by atoms with E-state index in [0.29, 0.717) is 12.1 Å². The predicted octanol–water partition coefficient (Wildman–Crippen LogP) is 2.06. The number of carboxylic acid groups (broad SMARTS) is 1. The Bertz CT molecular complexity index is 780. The van der Waals surface area contributed by atoms with E-state index >= 15 is 0 Å². The van der Waals surface area contributed by atoms with Crippen molar-refractivity contribution in [3.63, 3.8) is 0 Å². The van der Waals surface area contributed by atoms with E-state index in [1.54, 1.807) is 22.8 Å². The van der Waals surface area contributed by atoms with Gasteiger partial charge in [0.15, 0.2) is 5.65 Å². The van der Waals surface area contributed by atoms with Crippen molar-refractivity contribution in [2.75, 3.05) is 11.9 Å². The number of carboxylic acids is 1. The molecule has 0 bridgehead atoms. The lowest BCUT2D eigenvalue weighted by Crippen LogP contribution is -2.18. The lowest BCUT2D eigenvalue weighted by molar-refractivity contribution is 0.0697. The summed E-state index contributed by atoms with van der Waals surface area (Å²) in [4.78, 5) is 17.3. The van der Waals surface area contributed by atoms with Crippen molar-refractivity contribution in [3.8, 4) is 0 Å². The first-order chi connectivity index (χ1) is 10.1. The van der Waals surface area contributed by atoms with Gasteiger partial charge in [0, 0.05) is 25.9 Å². The summed E-state index contributed by atoms with van der Waals surface area (Å²) in [6, 6.07) is 10.6. The average Bonchev–Trinajstić information content (AvgIpc) is 2.95. The molecule has 3 rings (SSSR count). The fraction of sp³-hybridized carbons (Fsp3) is 0.133. The maximum Gasteiger partial charge on any atom is 0.335 e. The first-order valence-electron chi connectivity index (χ1n) is 6.47. The van der Waals surface area contributed by atoms with Crippen molar-refractivity contribution in [2.24, 2.45) is 0 Å². The molecule has 2 heterocycles. The zero-order valence-electron chi connectivity index (χ0n) is 11.5. The van der Waals surface area contributed by atoms with Crippen molar-refractivity contribution in [3.05, 3.63) is 59.9 Å². The Morgan fingerprint density at radius 2 is 2.00 bits per heavy atom. The monoisotopic (exact) mass is 282 g/mol. The second-order valence-electron chi connectivity index (χ2n) is 4.78. The molecule has 1 aromatic carbocycles. The molecule has 0 radical (unpaired) electrons. The van der Waals surface area contributed by atoms with Crippen LogP contribution in [0.3, 0.4) is 0 Å². The first kappa shape index (κ1) is 13.1. The Kier molecular flexibility index (Phi) is 3.27. The highest BCUT2D eigenvalue weighted by atomic mass is 16.4. The van der Waals surface area contributed by atoms with Gasteiger partial charge in [-0.1, -0.05) is 12.1 Å². The normalized spacial score (nSPS) is 10.7. The lowest BCUT2D eigenvalue weighted by Gasteiger charge is -2.18. The van der Waals surface area contributed by atoms with Crippen LogP contribution in [0.4, 0.5) is 5.82 Å². The van der Waals surface area contributed by atoms with Crippen LogP contribution in [0.15, 0.2) is 48.8 Å². The molecule has 0 aliphatic heterocycles. The van der Waals surface area contributed by atoms with Crippen molar-refractivity contribution in [2.45, 2.75) is 6.54 Å². The second-order valence-corrected chi connectivity index (χ2v) is 4.78. The molecule has 0 aliphatic rings. The maximum atomic E-state index is 10.8. The molecule has 1 N–H and O–H groups in total. The van der Waals surface area contributed by atoms with Gasteiger partial charge in [-0.3, -0.25) is 0 Å². The number of aromatic nitrogens is 3. The lowest BCUT2D eigenvalue weighted by atomic mass is 10.1. The molecule has 0 spiro atoms. The van der Waals surface area contributed by atoms with Crippen molar-refractivity contribution in [1.82, 2.24) is 14.6 Å². The quantitative estimate of drug-likeness (QED) is 0.793. The minimum absolute atomic E-state index is 0.292. The summed E-state index contributed by atoms with van der Waals surface area (Å²) >= 11 is 0. The van der Waals surface area contributed by atoms with Crippen molar-refractivity contribution >= 4 is 17.4 Å². The average molecular weight is 282 g/mol. The third-order valence-electron chi connectivity index (χ3n) is 3.26. The zero-order chi connectivity index (χ0) is 14.8. The van der Waals surface area contributed by atoms with E-state index in [0.717, 1.165) is 17.0 Å². The van der Waals surface area contributed by atoms with Gasteiger partial charge < -0.3 is 10.0 Å². The molecule has 0 atom stereocenters. The van der Waals surface area contributed by atoms with Crippen LogP contribution in [0, 0.1) is 0 Å². The number of carbonyl (C=O) groups is 1. The predicted molar refractivity (Wildman–Crippen MR) is 78.5 cm³/mol. The highest BCUT2D eigenvalue weighted by molar-refractivity contribution is 5.87. The number of rotatable bonds is 4. The van der Waals surface area contributed by atoms with Gasteiger partial charge in [-0.15, -0.1) is 0 Å². The van der Waals surface area contributed by atoms with Crippen LogP contribution in [-0.2, 0) is 6.54 Å². The number of aromatic carboxylic acids is 1. The molecule has 0 amide bonds. The molecule has 6 nitrogen and oxygen atoms in total. The van der Waals surface area contributed by atoms with Gasteiger partial charge in [0.2, 0.25) is 0 Å². The number of benzene rings is 1. The molecule has 3 aromatic rings. The molecular formula is C15H14N4O2. The van der Waals surface area contributed by atoms with Gasteiger partial charge in [0.05, 0.1) is 11.8 Å². The standard InChI is InChI=1S/C15H14N4O2/c1-18(10-11-2-4-12(5-3-11)15(20)21)13-7-9-19-14(17-13)6-8-16-19/h2-9H,10H2,1H3,(H,20,21). The van der Waals surface area contributed by atoms with Crippen LogP contribution in [0.25, 0.3) is 5.65 Å². The second kappa shape index (κ2) is 5.24. The Morgan fingerprint density at radius 1 is 1.24 bits per heavy atom. The van der Waals surface area contributed by atoms with Gasteiger partial charge in [-0.2, -0.15) is 5.10 Å². The molecule has 0 aliphatic carbocycles. The molecule has 2 aromatic heterocycles. The Labute approximate surface area is 121 Å². The minimum Gasteiger partial charge on any atom is -0.478 e. The zero-order valence-corrected chi connectivity index (χ0v) is 11.5.